The molecule has 5 heteroatoms. The molecule has 1 aromatic rings. The lowest BCUT2D eigenvalue weighted by atomic mass is 10.2. The molecule has 1 N–H and O–H groups in total. The predicted molar refractivity (Wildman–Crippen MR) is 68.1 cm³/mol. The maximum absolute atomic E-state index is 11.0. The van der Waals surface area contributed by atoms with Crippen LogP contribution in [0.1, 0.15) is 17.8 Å². The van der Waals surface area contributed by atoms with Crippen molar-refractivity contribution >= 4 is 17.2 Å². The van der Waals surface area contributed by atoms with Gasteiger partial charge < -0.3 is 10.1 Å². The van der Waals surface area contributed by atoms with E-state index in [0.29, 0.717) is 6.54 Å². The van der Waals surface area contributed by atoms with E-state index in [-0.39, 0.29) is 11.9 Å². The molecule has 94 valence electrons. The Balaban J connectivity index is 2.03. The molecule has 0 aliphatic carbocycles. The summed E-state index contributed by atoms with van der Waals surface area (Å²) < 4.78 is 5.37. The van der Waals surface area contributed by atoms with Gasteiger partial charge in [0.05, 0.1) is 19.3 Å². The van der Waals surface area contributed by atoms with Gasteiger partial charge in [-0.1, -0.05) is 6.07 Å². The van der Waals surface area contributed by atoms with E-state index < -0.39 is 0 Å². The average molecular weight is 254 g/mol. The summed E-state index contributed by atoms with van der Waals surface area (Å²) in [5.41, 5.74) is 0. The summed E-state index contributed by atoms with van der Waals surface area (Å²) in [7, 11) is 0. The molecule has 2 heterocycles. The van der Waals surface area contributed by atoms with Crippen LogP contribution in [0.5, 0.6) is 0 Å². The zero-order valence-electron chi connectivity index (χ0n) is 10.0. The zero-order valence-corrected chi connectivity index (χ0v) is 10.8. The monoisotopic (exact) mass is 254 g/mol. The summed E-state index contributed by atoms with van der Waals surface area (Å²) >= 11 is 1.74. The third-order valence-corrected chi connectivity index (χ3v) is 3.88. The third kappa shape index (κ3) is 3.52. The first-order valence-corrected chi connectivity index (χ1v) is 6.75. The highest BCUT2D eigenvalue weighted by molar-refractivity contribution is 7.10. The number of amides is 1. The Bertz CT molecular complexity index is 347. The molecule has 1 unspecified atom stereocenters. The van der Waals surface area contributed by atoms with Gasteiger partial charge in [-0.3, -0.25) is 9.69 Å². The molecular weight excluding hydrogens is 236 g/mol. The van der Waals surface area contributed by atoms with Crippen LogP contribution in [0.15, 0.2) is 17.5 Å². The van der Waals surface area contributed by atoms with Crippen LogP contribution in [0.4, 0.5) is 0 Å². The number of carbonyl (C=O) groups excluding carboxylic acids is 1. The van der Waals surface area contributed by atoms with Crippen LogP contribution >= 0.6 is 11.3 Å². The molecule has 0 bridgehead atoms. The number of ether oxygens (including phenoxy) is 1. The van der Waals surface area contributed by atoms with Gasteiger partial charge in [-0.05, 0) is 11.4 Å². The highest BCUT2D eigenvalue weighted by atomic mass is 32.1. The van der Waals surface area contributed by atoms with E-state index in [2.05, 4.69) is 27.7 Å². The number of carbonyl (C=O) groups is 1. The van der Waals surface area contributed by atoms with Gasteiger partial charge in [0.2, 0.25) is 5.91 Å². The standard InChI is InChI=1S/C12H18N2O2S/c1-10(15)13-9-11(12-3-2-8-17-12)14-4-6-16-7-5-14/h2-3,8,11H,4-7,9H2,1H3,(H,13,15). The molecule has 1 aromatic heterocycles. The SMILES string of the molecule is CC(=O)NCC(c1cccs1)N1CCOCC1. The molecule has 17 heavy (non-hydrogen) atoms. The molecule has 1 saturated heterocycles. The summed E-state index contributed by atoms with van der Waals surface area (Å²) in [6.45, 7) is 5.66. The minimum atomic E-state index is 0.0276. The van der Waals surface area contributed by atoms with Crippen molar-refractivity contribution in [1.29, 1.82) is 0 Å². The molecule has 1 aliphatic heterocycles. The van der Waals surface area contributed by atoms with Gasteiger partial charge in [0.25, 0.3) is 0 Å². The van der Waals surface area contributed by atoms with E-state index in [1.54, 1.807) is 18.3 Å². The van der Waals surface area contributed by atoms with Crippen molar-refractivity contribution in [2.75, 3.05) is 32.8 Å². The van der Waals surface area contributed by atoms with E-state index in [1.807, 2.05) is 0 Å². The average Bonchev–Trinajstić information content (AvgIpc) is 2.84. The minimum absolute atomic E-state index is 0.0276. The fraction of sp³-hybridized carbons (Fsp3) is 0.583. The maximum atomic E-state index is 11.0. The number of thiophene rings is 1. The van der Waals surface area contributed by atoms with Crippen molar-refractivity contribution in [1.82, 2.24) is 10.2 Å². The Kier molecular flexibility index (Phi) is 4.53. The summed E-state index contributed by atoms with van der Waals surface area (Å²) in [5, 5.41) is 5.00. The van der Waals surface area contributed by atoms with E-state index >= 15 is 0 Å². The van der Waals surface area contributed by atoms with Gasteiger partial charge in [-0.2, -0.15) is 0 Å². The Morgan fingerprint density at radius 3 is 2.94 bits per heavy atom. The van der Waals surface area contributed by atoms with Gasteiger partial charge in [-0.25, -0.2) is 0 Å². The second kappa shape index (κ2) is 6.14. The van der Waals surface area contributed by atoms with Crippen molar-refractivity contribution < 1.29 is 9.53 Å². The molecule has 4 nitrogen and oxygen atoms in total. The first-order chi connectivity index (χ1) is 8.27. The van der Waals surface area contributed by atoms with Crippen LogP contribution < -0.4 is 5.32 Å². The summed E-state index contributed by atoms with van der Waals surface area (Å²) in [6, 6.07) is 4.47. The molecule has 2 rings (SSSR count). The van der Waals surface area contributed by atoms with Gasteiger partial charge in [0.15, 0.2) is 0 Å². The van der Waals surface area contributed by atoms with Crippen LogP contribution in [-0.2, 0) is 9.53 Å². The van der Waals surface area contributed by atoms with Crippen molar-refractivity contribution in [3.8, 4) is 0 Å². The molecule has 0 saturated carbocycles. The molecule has 1 fully saturated rings. The van der Waals surface area contributed by atoms with Crippen LogP contribution in [0, 0.1) is 0 Å². The lowest BCUT2D eigenvalue weighted by Gasteiger charge is -2.34. The number of morpholine rings is 1. The van der Waals surface area contributed by atoms with E-state index in [0.717, 1.165) is 26.3 Å². The number of nitrogens with one attached hydrogen (secondary N) is 1. The van der Waals surface area contributed by atoms with E-state index in [4.69, 9.17) is 4.74 Å². The lowest BCUT2D eigenvalue weighted by molar-refractivity contribution is -0.119. The fourth-order valence-corrected chi connectivity index (χ4v) is 2.88. The third-order valence-electron chi connectivity index (χ3n) is 2.90. The molecular formula is C12H18N2O2S. The van der Waals surface area contributed by atoms with Crippen LogP contribution in [0.25, 0.3) is 0 Å². The molecule has 0 spiro atoms. The molecule has 1 amide bonds. The van der Waals surface area contributed by atoms with Gasteiger partial charge in [0, 0.05) is 31.4 Å². The largest absolute Gasteiger partial charge is 0.379 e. The minimum Gasteiger partial charge on any atom is -0.379 e. The van der Waals surface area contributed by atoms with Crippen molar-refractivity contribution in [2.24, 2.45) is 0 Å². The number of hydrogen-bond acceptors (Lipinski definition) is 4. The highest BCUT2D eigenvalue weighted by Crippen LogP contribution is 2.25. The van der Waals surface area contributed by atoms with Gasteiger partial charge in [-0.15, -0.1) is 11.3 Å². The van der Waals surface area contributed by atoms with Crippen LogP contribution in [0.3, 0.4) is 0 Å². The quantitative estimate of drug-likeness (QED) is 0.879. The Labute approximate surface area is 106 Å². The van der Waals surface area contributed by atoms with E-state index in [9.17, 15) is 4.79 Å². The Morgan fingerprint density at radius 1 is 1.59 bits per heavy atom. The van der Waals surface area contributed by atoms with E-state index in [1.165, 1.54) is 4.88 Å². The van der Waals surface area contributed by atoms with Gasteiger partial charge in [0.1, 0.15) is 0 Å². The van der Waals surface area contributed by atoms with Gasteiger partial charge >= 0.3 is 0 Å². The molecule has 0 radical (unpaired) electrons. The molecule has 1 aliphatic rings. The Morgan fingerprint density at radius 2 is 2.35 bits per heavy atom. The fourth-order valence-electron chi connectivity index (χ4n) is 2.02. The van der Waals surface area contributed by atoms with Crippen molar-refractivity contribution in [2.45, 2.75) is 13.0 Å². The first kappa shape index (κ1) is 12.5. The summed E-state index contributed by atoms with van der Waals surface area (Å²) in [4.78, 5) is 14.7. The summed E-state index contributed by atoms with van der Waals surface area (Å²) in [5.74, 6) is 0.0276. The summed E-state index contributed by atoms with van der Waals surface area (Å²) in [6.07, 6.45) is 0. The number of rotatable bonds is 4. The zero-order chi connectivity index (χ0) is 12.1. The van der Waals surface area contributed by atoms with Crippen LogP contribution in [-0.4, -0.2) is 43.7 Å². The Hall–Kier alpha value is -0.910. The second-order valence-corrected chi connectivity index (χ2v) is 5.10. The van der Waals surface area contributed by atoms with Crippen molar-refractivity contribution in [3.05, 3.63) is 22.4 Å². The first-order valence-electron chi connectivity index (χ1n) is 5.87. The highest BCUT2D eigenvalue weighted by Gasteiger charge is 2.23. The number of hydrogen-bond donors (Lipinski definition) is 1. The van der Waals surface area contributed by atoms with Crippen molar-refractivity contribution in [3.63, 3.8) is 0 Å². The predicted octanol–water partition coefficient (Wildman–Crippen LogP) is 1.26. The topological polar surface area (TPSA) is 41.6 Å². The number of nitrogens with zero attached hydrogens (tertiary/aromatic N) is 1. The van der Waals surface area contributed by atoms with Crippen LogP contribution in [0.2, 0.25) is 0 Å². The lowest BCUT2D eigenvalue weighted by Crippen LogP contribution is -2.43. The molecule has 1 atom stereocenters. The maximum Gasteiger partial charge on any atom is 0.216 e. The normalized spacial score (nSPS) is 18.9. The second-order valence-electron chi connectivity index (χ2n) is 4.12. The molecule has 0 aromatic carbocycles. The smallest absolute Gasteiger partial charge is 0.216 e.